The first-order valence-corrected chi connectivity index (χ1v) is 9.54. The molecule has 2 aromatic heterocycles. The predicted molar refractivity (Wildman–Crippen MR) is 111 cm³/mol. The van der Waals surface area contributed by atoms with Crippen LogP contribution in [0.2, 0.25) is 0 Å². The van der Waals surface area contributed by atoms with Crippen LogP contribution in [-0.2, 0) is 30.2 Å². The largest absolute Gasteiger partial charge is 0.368 e. The van der Waals surface area contributed by atoms with E-state index in [2.05, 4.69) is 4.98 Å². The average Bonchev–Trinajstić information content (AvgIpc) is 3.14. The molecule has 10 nitrogen and oxygen atoms in total. The number of amides is 2. The minimum Gasteiger partial charge on any atom is -0.368 e. The number of fused-ring (bicyclic) bond motifs is 1. The summed E-state index contributed by atoms with van der Waals surface area (Å²) in [6, 6.07) is 4.27. The van der Waals surface area contributed by atoms with Crippen LogP contribution in [-0.4, -0.2) is 42.4 Å². The Morgan fingerprint density at radius 2 is 1.94 bits per heavy atom. The number of halogens is 1. The topological polar surface area (TPSA) is 125 Å². The molecule has 1 atom stereocenters. The predicted octanol–water partition coefficient (Wildman–Crippen LogP) is 0.0380. The lowest BCUT2D eigenvalue weighted by Gasteiger charge is -2.26. The zero-order chi connectivity index (χ0) is 22.9. The summed E-state index contributed by atoms with van der Waals surface area (Å²) in [4.78, 5) is 54.4. The molecule has 2 N–H and O–H groups in total. The Balaban J connectivity index is 1.75. The highest BCUT2D eigenvalue weighted by Crippen LogP contribution is 2.21. The van der Waals surface area contributed by atoms with Crippen molar-refractivity contribution in [2.24, 2.45) is 19.8 Å². The van der Waals surface area contributed by atoms with Crippen LogP contribution in [0.4, 0.5) is 4.39 Å². The number of carbonyl (C=O) groups is 2. The molecule has 0 aliphatic carbocycles. The van der Waals surface area contributed by atoms with Crippen LogP contribution in [0.15, 0.2) is 40.2 Å². The summed E-state index contributed by atoms with van der Waals surface area (Å²) in [5.41, 5.74) is 5.31. The van der Waals surface area contributed by atoms with Gasteiger partial charge < -0.3 is 15.2 Å². The van der Waals surface area contributed by atoms with Crippen LogP contribution in [0, 0.1) is 5.82 Å². The molecule has 31 heavy (non-hydrogen) atoms. The fourth-order valence-electron chi connectivity index (χ4n) is 3.54. The number of primary amides is 1. The first-order chi connectivity index (χ1) is 14.6. The van der Waals surface area contributed by atoms with E-state index in [1.54, 1.807) is 4.57 Å². The summed E-state index contributed by atoms with van der Waals surface area (Å²) >= 11 is 0. The van der Waals surface area contributed by atoms with Gasteiger partial charge in [0.2, 0.25) is 11.8 Å². The second-order valence-electron chi connectivity index (χ2n) is 7.28. The first-order valence-electron chi connectivity index (χ1n) is 9.54. The van der Waals surface area contributed by atoms with Crippen molar-refractivity contribution < 1.29 is 14.0 Å². The van der Waals surface area contributed by atoms with E-state index in [0.717, 1.165) is 10.6 Å². The maximum absolute atomic E-state index is 13.5. The fourth-order valence-corrected chi connectivity index (χ4v) is 3.54. The summed E-state index contributed by atoms with van der Waals surface area (Å²) < 4.78 is 17.4. The second kappa shape index (κ2) is 8.54. The molecule has 0 spiro atoms. The zero-order valence-electron chi connectivity index (χ0n) is 17.4. The highest BCUT2D eigenvalue weighted by Gasteiger charge is 2.26. The number of nitrogens with two attached hydrogens (primary N) is 1. The molecule has 164 valence electrons. The van der Waals surface area contributed by atoms with Gasteiger partial charge in [-0.25, -0.2) is 14.2 Å². The number of hydrogen-bond acceptors (Lipinski definition) is 5. The highest BCUT2D eigenvalue weighted by atomic mass is 19.1. The van der Waals surface area contributed by atoms with Crippen molar-refractivity contribution in [2.45, 2.75) is 25.4 Å². The number of carbonyl (C=O) groups excluding carboxylic acids is 2. The summed E-state index contributed by atoms with van der Waals surface area (Å²) in [5, 5.41) is 0. The van der Waals surface area contributed by atoms with Crippen LogP contribution in [0.1, 0.15) is 24.4 Å². The Morgan fingerprint density at radius 3 is 2.58 bits per heavy atom. The summed E-state index contributed by atoms with van der Waals surface area (Å²) in [6.45, 7) is 0.296. The number of aromatic nitrogens is 4. The average molecular weight is 430 g/mol. The van der Waals surface area contributed by atoms with Gasteiger partial charge in [0.15, 0.2) is 11.2 Å². The van der Waals surface area contributed by atoms with Crippen molar-refractivity contribution >= 4 is 23.0 Å². The van der Waals surface area contributed by atoms with Crippen LogP contribution < -0.4 is 17.0 Å². The molecular weight excluding hydrogens is 407 g/mol. The molecule has 0 saturated heterocycles. The molecule has 3 rings (SSSR count). The van der Waals surface area contributed by atoms with Gasteiger partial charge in [-0.2, -0.15) is 0 Å². The molecule has 2 amide bonds. The number of rotatable bonds is 7. The summed E-state index contributed by atoms with van der Waals surface area (Å²) in [6.07, 6.45) is 1.84. The number of nitrogens with zero attached hydrogens (tertiary/aromatic N) is 5. The van der Waals surface area contributed by atoms with Crippen LogP contribution >= 0.6 is 0 Å². The molecule has 2 heterocycles. The van der Waals surface area contributed by atoms with Crippen molar-refractivity contribution in [1.82, 2.24) is 23.6 Å². The number of imidazole rings is 1. The standard InChI is InChI=1S/C20H23FN6O4/c1-24(15(17(22)29)12-6-4-7-13(21)10-12)14(28)8-5-9-27-11-23-18-16(27)19(30)26(3)20(31)25(18)2/h4,6-7,10-11,15H,5,8-9H2,1-3H3,(H2,22,29). The van der Waals surface area contributed by atoms with Crippen molar-refractivity contribution in [1.29, 1.82) is 0 Å². The van der Waals surface area contributed by atoms with E-state index < -0.39 is 29.0 Å². The number of benzene rings is 1. The molecule has 3 aromatic rings. The van der Waals surface area contributed by atoms with Gasteiger partial charge >= 0.3 is 5.69 Å². The molecule has 1 unspecified atom stereocenters. The van der Waals surface area contributed by atoms with Gasteiger partial charge in [0.1, 0.15) is 11.9 Å². The van der Waals surface area contributed by atoms with Crippen molar-refractivity contribution in [3.8, 4) is 0 Å². The van der Waals surface area contributed by atoms with Crippen molar-refractivity contribution in [3.05, 3.63) is 62.8 Å². The Labute approximate surface area is 176 Å². The fraction of sp³-hybridized carbons (Fsp3) is 0.350. The Morgan fingerprint density at radius 1 is 1.23 bits per heavy atom. The van der Waals surface area contributed by atoms with E-state index in [-0.39, 0.29) is 29.1 Å². The molecule has 0 saturated carbocycles. The van der Waals surface area contributed by atoms with Gasteiger partial charge in [0, 0.05) is 34.1 Å². The van der Waals surface area contributed by atoms with Crippen LogP contribution in [0.5, 0.6) is 0 Å². The first kappa shape index (κ1) is 21.9. The van der Waals surface area contributed by atoms with Gasteiger partial charge in [0.25, 0.3) is 5.56 Å². The molecular formula is C20H23FN6O4. The van der Waals surface area contributed by atoms with Gasteiger partial charge in [-0.05, 0) is 24.1 Å². The normalized spacial score (nSPS) is 12.1. The zero-order valence-corrected chi connectivity index (χ0v) is 17.4. The van der Waals surface area contributed by atoms with Crippen LogP contribution in [0.25, 0.3) is 11.2 Å². The summed E-state index contributed by atoms with van der Waals surface area (Å²) in [7, 11) is 4.34. The highest BCUT2D eigenvalue weighted by molar-refractivity contribution is 5.87. The Bertz CT molecular complexity index is 1270. The van der Waals surface area contributed by atoms with Gasteiger partial charge in [-0.15, -0.1) is 0 Å². The van der Waals surface area contributed by atoms with Crippen LogP contribution in [0.3, 0.4) is 0 Å². The third kappa shape index (κ3) is 4.11. The maximum atomic E-state index is 13.5. The van der Waals surface area contributed by atoms with Gasteiger partial charge in [-0.3, -0.25) is 23.5 Å². The monoisotopic (exact) mass is 430 g/mol. The SMILES string of the molecule is CN(C(=O)CCCn1cnc2c1c(=O)n(C)c(=O)n2C)C(C(N)=O)c1cccc(F)c1. The minimum atomic E-state index is -1.10. The third-order valence-corrected chi connectivity index (χ3v) is 5.22. The van der Waals surface area contributed by atoms with E-state index in [1.165, 1.54) is 55.1 Å². The minimum absolute atomic E-state index is 0.0569. The molecule has 0 aliphatic heterocycles. The Kier molecular flexibility index (Phi) is 6.04. The van der Waals surface area contributed by atoms with E-state index >= 15 is 0 Å². The lowest BCUT2D eigenvalue weighted by molar-refractivity contribution is -0.138. The van der Waals surface area contributed by atoms with E-state index in [9.17, 15) is 23.6 Å². The number of likely N-dealkylation sites (N-methyl/N-ethyl adjacent to an activating group) is 1. The number of hydrogen-bond donors (Lipinski definition) is 1. The Hall–Kier alpha value is -3.76. The van der Waals surface area contributed by atoms with Crippen molar-refractivity contribution in [2.75, 3.05) is 7.05 Å². The lowest BCUT2D eigenvalue weighted by atomic mass is 10.0. The molecule has 0 fully saturated rings. The van der Waals surface area contributed by atoms with Gasteiger partial charge in [0.05, 0.1) is 6.33 Å². The summed E-state index contributed by atoms with van der Waals surface area (Å²) in [5.74, 6) is -1.67. The lowest BCUT2D eigenvalue weighted by Crippen LogP contribution is -2.39. The molecule has 0 radical (unpaired) electrons. The maximum Gasteiger partial charge on any atom is 0.332 e. The smallest absolute Gasteiger partial charge is 0.332 e. The van der Waals surface area contributed by atoms with Crippen molar-refractivity contribution in [3.63, 3.8) is 0 Å². The third-order valence-electron chi connectivity index (χ3n) is 5.22. The second-order valence-corrected chi connectivity index (χ2v) is 7.28. The molecule has 1 aromatic carbocycles. The van der Waals surface area contributed by atoms with E-state index in [1.807, 2.05) is 0 Å². The number of aryl methyl sites for hydroxylation is 2. The quantitative estimate of drug-likeness (QED) is 0.567. The molecule has 0 bridgehead atoms. The molecule has 11 heteroatoms. The van der Waals surface area contributed by atoms with E-state index in [0.29, 0.717) is 13.0 Å². The van der Waals surface area contributed by atoms with E-state index in [4.69, 9.17) is 5.73 Å². The molecule has 0 aliphatic rings. The van der Waals surface area contributed by atoms with Gasteiger partial charge in [-0.1, -0.05) is 12.1 Å².